The summed E-state index contributed by atoms with van der Waals surface area (Å²) in [5.74, 6) is 0. The van der Waals surface area contributed by atoms with E-state index < -0.39 is 0 Å². The zero-order chi connectivity index (χ0) is 30.5. The van der Waals surface area contributed by atoms with Crippen LogP contribution in [0.3, 0.4) is 0 Å². The molecule has 0 N–H and O–H groups in total. The Hall–Kier alpha value is -6.26. The van der Waals surface area contributed by atoms with Crippen LogP contribution >= 0.6 is 0 Å². The lowest BCUT2D eigenvalue weighted by molar-refractivity contribution is -0.594. The standard InChI is InChI=1S/C42H27N4/c1-2-14-37(33-8-4-12-35(26-33)46-24-21-28-15-16-29-10-5-22-43-40(29)38(28)27-46)36(13-1)32-7-3-9-34(25-32)39-20-19-31-18-17-30-11-6-23-44-41(30)42(31)45-39/h1-27H/q+1. The van der Waals surface area contributed by atoms with Gasteiger partial charge >= 0.3 is 0 Å². The topological polar surface area (TPSA) is 42.5 Å². The van der Waals surface area contributed by atoms with Crippen molar-refractivity contribution in [1.29, 1.82) is 0 Å². The molecule has 0 bridgehead atoms. The molecule has 0 amide bonds. The third kappa shape index (κ3) is 4.47. The lowest BCUT2D eigenvalue weighted by Crippen LogP contribution is -2.29. The predicted molar refractivity (Wildman–Crippen MR) is 188 cm³/mol. The Morgan fingerprint density at radius 3 is 1.87 bits per heavy atom. The van der Waals surface area contributed by atoms with Crippen molar-refractivity contribution in [2.45, 2.75) is 0 Å². The average Bonchev–Trinajstić information content (AvgIpc) is 3.14. The van der Waals surface area contributed by atoms with Crippen LogP contribution in [0.2, 0.25) is 0 Å². The van der Waals surface area contributed by atoms with Crippen LogP contribution < -0.4 is 4.57 Å². The van der Waals surface area contributed by atoms with Gasteiger partial charge in [-0.3, -0.25) is 9.97 Å². The van der Waals surface area contributed by atoms with Crippen LogP contribution in [0.25, 0.3) is 82.7 Å². The summed E-state index contributed by atoms with van der Waals surface area (Å²) >= 11 is 0. The van der Waals surface area contributed by atoms with E-state index in [9.17, 15) is 0 Å². The Kier molecular flexibility index (Phi) is 6.10. The number of nitrogens with zero attached hydrogens (tertiary/aromatic N) is 4. The number of pyridine rings is 4. The van der Waals surface area contributed by atoms with Crippen molar-refractivity contribution >= 4 is 43.5 Å². The smallest absolute Gasteiger partial charge is 0.211 e. The molecule has 0 aliphatic rings. The first-order valence-electron chi connectivity index (χ1n) is 15.4. The molecule has 9 rings (SSSR count). The molecule has 4 heteroatoms. The van der Waals surface area contributed by atoms with Gasteiger partial charge in [-0.2, -0.15) is 4.57 Å². The maximum Gasteiger partial charge on any atom is 0.211 e. The lowest BCUT2D eigenvalue weighted by atomic mass is 9.93. The van der Waals surface area contributed by atoms with Crippen LogP contribution in [-0.4, -0.2) is 15.0 Å². The van der Waals surface area contributed by atoms with Crippen LogP contribution in [0.1, 0.15) is 0 Å². The molecule has 0 fully saturated rings. The Labute approximate surface area is 265 Å². The molecule has 214 valence electrons. The summed E-state index contributed by atoms with van der Waals surface area (Å²) < 4.78 is 2.19. The number of hydrogen-bond donors (Lipinski definition) is 0. The lowest BCUT2D eigenvalue weighted by Gasteiger charge is -2.12. The number of rotatable bonds is 4. The van der Waals surface area contributed by atoms with Gasteiger partial charge in [-0.1, -0.05) is 97.1 Å². The van der Waals surface area contributed by atoms with Crippen molar-refractivity contribution < 1.29 is 4.57 Å². The van der Waals surface area contributed by atoms with Crippen molar-refractivity contribution in [1.82, 2.24) is 15.0 Å². The molecule has 0 radical (unpaired) electrons. The van der Waals surface area contributed by atoms with E-state index in [1.54, 1.807) is 0 Å². The second-order valence-electron chi connectivity index (χ2n) is 11.6. The van der Waals surface area contributed by atoms with Gasteiger partial charge in [-0.05, 0) is 51.9 Å². The number of benzene rings is 5. The third-order valence-corrected chi connectivity index (χ3v) is 8.81. The maximum atomic E-state index is 5.10. The van der Waals surface area contributed by atoms with Gasteiger partial charge < -0.3 is 0 Å². The SMILES string of the molecule is c1cc(-c2ccc3ccc4cccnc4c3n2)cc(-c2ccccc2-c2cccc(-[n+]3ccc4ccc5cccnc5c4c3)c2)c1. The average molecular weight is 588 g/mol. The van der Waals surface area contributed by atoms with Gasteiger partial charge in [0.05, 0.1) is 27.6 Å². The number of hydrogen-bond acceptors (Lipinski definition) is 3. The van der Waals surface area contributed by atoms with E-state index in [0.717, 1.165) is 66.2 Å². The molecular weight excluding hydrogens is 560 g/mol. The molecule has 0 saturated heterocycles. The van der Waals surface area contributed by atoms with Gasteiger partial charge in [0.25, 0.3) is 0 Å². The van der Waals surface area contributed by atoms with Gasteiger partial charge in [0.15, 0.2) is 12.4 Å². The minimum Gasteiger partial charge on any atom is -0.255 e. The Morgan fingerprint density at radius 1 is 0.435 bits per heavy atom. The van der Waals surface area contributed by atoms with Gasteiger partial charge in [0.1, 0.15) is 0 Å². The Balaban J connectivity index is 1.12. The van der Waals surface area contributed by atoms with Gasteiger partial charge in [0, 0.05) is 52.3 Å². The van der Waals surface area contributed by atoms with Gasteiger partial charge in [0.2, 0.25) is 5.69 Å². The van der Waals surface area contributed by atoms with Gasteiger partial charge in [-0.15, -0.1) is 0 Å². The Morgan fingerprint density at radius 2 is 1.07 bits per heavy atom. The molecule has 0 saturated carbocycles. The Bertz CT molecular complexity index is 2420. The molecule has 0 spiro atoms. The second-order valence-corrected chi connectivity index (χ2v) is 11.6. The highest BCUT2D eigenvalue weighted by molar-refractivity contribution is 6.04. The third-order valence-electron chi connectivity index (χ3n) is 8.81. The fourth-order valence-corrected chi connectivity index (χ4v) is 6.52. The molecule has 9 aromatic rings. The zero-order valence-electron chi connectivity index (χ0n) is 24.9. The van der Waals surface area contributed by atoms with Crippen LogP contribution in [0.5, 0.6) is 0 Å². The maximum absolute atomic E-state index is 5.10. The summed E-state index contributed by atoms with van der Waals surface area (Å²) in [4.78, 5) is 14.4. The zero-order valence-corrected chi connectivity index (χ0v) is 24.9. The molecule has 4 aromatic heterocycles. The fraction of sp³-hybridized carbons (Fsp3) is 0. The van der Waals surface area contributed by atoms with Crippen molar-refractivity contribution in [3.05, 3.63) is 164 Å². The van der Waals surface area contributed by atoms with E-state index in [0.29, 0.717) is 0 Å². The summed E-state index contributed by atoms with van der Waals surface area (Å²) in [6.07, 6.45) is 8.01. The first kappa shape index (κ1) is 26.2. The van der Waals surface area contributed by atoms with Crippen molar-refractivity contribution in [3.8, 4) is 39.2 Å². The molecule has 0 aliphatic heterocycles. The summed E-state index contributed by atoms with van der Waals surface area (Å²) in [5, 5.41) is 5.63. The highest BCUT2D eigenvalue weighted by atomic mass is 14.9. The van der Waals surface area contributed by atoms with Crippen molar-refractivity contribution in [2.75, 3.05) is 0 Å². The number of fused-ring (bicyclic) bond motifs is 6. The molecular formula is C42H27N4+. The summed E-state index contributed by atoms with van der Waals surface area (Å²) in [5.41, 5.74) is 10.6. The van der Waals surface area contributed by atoms with E-state index in [2.05, 4.69) is 149 Å². The molecule has 5 aromatic carbocycles. The van der Waals surface area contributed by atoms with Crippen LogP contribution in [0.4, 0.5) is 0 Å². The minimum absolute atomic E-state index is 0.924. The number of aromatic nitrogens is 4. The highest BCUT2D eigenvalue weighted by Gasteiger charge is 2.14. The molecule has 4 heterocycles. The van der Waals surface area contributed by atoms with E-state index >= 15 is 0 Å². The van der Waals surface area contributed by atoms with Crippen LogP contribution in [0.15, 0.2) is 164 Å². The second kappa shape index (κ2) is 10.7. The quantitative estimate of drug-likeness (QED) is 0.152. The van der Waals surface area contributed by atoms with Crippen LogP contribution in [0, 0.1) is 0 Å². The first-order valence-corrected chi connectivity index (χ1v) is 15.4. The summed E-state index contributed by atoms with van der Waals surface area (Å²) in [6.45, 7) is 0. The van der Waals surface area contributed by atoms with Crippen molar-refractivity contribution in [2.24, 2.45) is 0 Å². The van der Waals surface area contributed by atoms with E-state index in [1.165, 1.54) is 16.5 Å². The molecule has 0 aliphatic carbocycles. The highest BCUT2D eigenvalue weighted by Crippen LogP contribution is 2.35. The molecule has 46 heavy (non-hydrogen) atoms. The van der Waals surface area contributed by atoms with Crippen molar-refractivity contribution in [3.63, 3.8) is 0 Å². The normalized spacial score (nSPS) is 11.5. The van der Waals surface area contributed by atoms with E-state index in [1.807, 2.05) is 24.5 Å². The molecule has 0 unspecified atom stereocenters. The minimum atomic E-state index is 0.924. The largest absolute Gasteiger partial charge is 0.255 e. The predicted octanol–water partition coefficient (Wildman–Crippen LogP) is 9.76. The van der Waals surface area contributed by atoms with Crippen LogP contribution in [-0.2, 0) is 0 Å². The molecule has 0 atom stereocenters. The summed E-state index contributed by atoms with van der Waals surface area (Å²) in [6, 6.07) is 49.1. The first-order chi connectivity index (χ1) is 22.8. The molecule has 4 nitrogen and oxygen atoms in total. The van der Waals surface area contributed by atoms with E-state index in [4.69, 9.17) is 9.97 Å². The summed E-state index contributed by atoms with van der Waals surface area (Å²) in [7, 11) is 0. The van der Waals surface area contributed by atoms with E-state index in [-0.39, 0.29) is 0 Å². The fourth-order valence-electron chi connectivity index (χ4n) is 6.52. The van der Waals surface area contributed by atoms with Gasteiger partial charge in [-0.25, -0.2) is 4.98 Å². The monoisotopic (exact) mass is 587 g/mol.